The van der Waals surface area contributed by atoms with Gasteiger partial charge < -0.3 is 14.8 Å². The lowest BCUT2D eigenvalue weighted by Crippen LogP contribution is -2.35. The van der Waals surface area contributed by atoms with Crippen molar-refractivity contribution in [2.24, 2.45) is 5.92 Å². The minimum atomic E-state index is 0.479. The molecule has 0 heterocycles. The molecule has 3 heteroatoms. The second-order valence-corrected chi connectivity index (χ2v) is 4.72. The second kappa shape index (κ2) is 11.4. The van der Waals surface area contributed by atoms with E-state index in [4.69, 9.17) is 9.47 Å². The van der Waals surface area contributed by atoms with Crippen LogP contribution in [0.2, 0.25) is 0 Å². The fourth-order valence-corrected chi connectivity index (χ4v) is 1.55. The van der Waals surface area contributed by atoms with Gasteiger partial charge in [-0.1, -0.05) is 33.6 Å². The second-order valence-electron chi connectivity index (χ2n) is 4.72. The van der Waals surface area contributed by atoms with Crippen LogP contribution in [0.5, 0.6) is 0 Å². The van der Waals surface area contributed by atoms with E-state index >= 15 is 0 Å². The molecule has 98 valence electrons. The van der Waals surface area contributed by atoms with Gasteiger partial charge in [0, 0.05) is 26.3 Å². The van der Waals surface area contributed by atoms with Crippen molar-refractivity contribution in [3.63, 3.8) is 0 Å². The fraction of sp³-hybridized carbons (Fsp3) is 1.00. The standard InChI is InChI=1S/C13H29NO2/c1-5-6-7-13(11-15-4)14-8-9-16-10-12(2)3/h12-14H,5-11H2,1-4H3. The van der Waals surface area contributed by atoms with E-state index in [9.17, 15) is 0 Å². The molecule has 0 rings (SSSR count). The Kier molecular flexibility index (Phi) is 11.3. The van der Waals surface area contributed by atoms with Gasteiger partial charge in [-0.3, -0.25) is 0 Å². The topological polar surface area (TPSA) is 30.5 Å². The monoisotopic (exact) mass is 231 g/mol. The molecule has 1 N–H and O–H groups in total. The molecule has 0 radical (unpaired) electrons. The summed E-state index contributed by atoms with van der Waals surface area (Å²) >= 11 is 0. The van der Waals surface area contributed by atoms with Crippen molar-refractivity contribution in [1.82, 2.24) is 5.32 Å². The first-order valence-corrected chi connectivity index (χ1v) is 6.50. The molecule has 0 aliphatic carbocycles. The summed E-state index contributed by atoms with van der Waals surface area (Å²) in [6, 6.07) is 0.479. The molecule has 1 unspecified atom stereocenters. The molecule has 0 saturated heterocycles. The van der Waals surface area contributed by atoms with Gasteiger partial charge in [-0.25, -0.2) is 0 Å². The van der Waals surface area contributed by atoms with E-state index in [1.165, 1.54) is 19.3 Å². The van der Waals surface area contributed by atoms with Crippen LogP contribution >= 0.6 is 0 Å². The lowest BCUT2D eigenvalue weighted by molar-refractivity contribution is 0.103. The third-order valence-electron chi connectivity index (χ3n) is 2.40. The molecule has 0 aliphatic heterocycles. The van der Waals surface area contributed by atoms with Crippen LogP contribution in [-0.2, 0) is 9.47 Å². The number of nitrogens with one attached hydrogen (secondary N) is 1. The molecule has 0 aromatic heterocycles. The minimum Gasteiger partial charge on any atom is -0.383 e. The summed E-state index contributed by atoms with van der Waals surface area (Å²) < 4.78 is 10.7. The van der Waals surface area contributed by atoms with Crippen LogP contribution in [0, 0.1) is 5.92 Å². The van der Waals surface area contributed by atoms with Crippen LogP contribution in [0.1, 0.15) is 40.0 Å². The zero-order valence-electron chi connectivity index (χ0n) is 11.4. The average molecular weight is 231 g/mol. The summed E-state index contributed by atoms with van der Waals surface area (Å²) in [5.41, 5.74) is 0. The largest absolute Gasteiger partial charge is 0.383 e. The van der Waals surface area contributed by atoms with E-state index < -0.39 is 0 Å². The molecule has 0 fully saturated rings. The van der Waals surface area contributed by atoms with Crippen LogP contribution in [0.15, 0.2) is 0 Å². The Labute approximate surface area is 101 Å². The Hall–Kier alpha value is -0.120. The van der Waals surface area contributed by atoms with E-state index in [2.05, 4.69) is 26.1 Å². The molecule has 0 aromatic rings. The molecular formula is C13H29NO2. The molecule has 0 bridgehead atoms. The predicted molar refractivity (Wildman–Crippen MR) is 68.8 cm³/mol. The molecule has 0 aliphatic rings. The quantitative estimate of drug-likeness (QED) is 0.554. The highest BCUT2D eigenvalue weighted by Crippen LogP contribution is 2.00. The molecule has 0 amide bonds. The fourth-order valence-electron chi connectivity index (χ4n) is 1.55. The number of rotatable bonds is 11. The highest BCUT2D eigenvalue weighted by Gasteiger charge is 2.06. The maximum atomic E-state index is 5.52. The van der Waals surface area contributed by atoms with Gasteiger partial charge in [-0.15, -0.1) is 0 Å². The summed E-state index contributed by atoms with van der Waals surface area (Å²) in [5.74, 6) is 0.620. The maximum absolute atomic E-state index is 5.52. The normalized spacial score (nSPS) is 13.3. The lowest BCUT2D eigenvalue weighted by atomic mass is 10.1. The molecule has 0 spiro atoms. The maximum Gasteiger partial charge on any atom is 0.0615 e. The lowest BCUT2D eigenvalue weighted by Gasteiger charge is -2.17. The van der Waals surface area contributed by atoms with Crippen molar-refractivity contribution in [3.05, 3.63) is 0 Å². The summed E-state index contributed by atoms with van der Waals surface area (Å²) in [7, 11) is 1.76. The Morgan fingerprint density at radius 1 is 1.19 bits per heavy atom. The van der Waals surface area contributed by atoms with Crippen LogP contribution in [0.4, 0.5) is 0 Å². The molecule has 0 aromatic carbocycles. The zero-order chi connectivity index (χ0) is 12.2. The van der Waals surface area contributed by atoms with E-state index in [-0.39, 0.29) is 0 Å². The van der Waals surface area contributed by atoms with Crippen molar-refractivity contribution in [1.29, 1.82) is 0 Å². The van der Waals surface area contributed by atoms with Gasteiger partial charge in [-0.2, -0.15) is 0 Å². The number of methoxy groups -OCH3 is 1. The Bertz CT molecular complexity index is 140. The van der Waals surface area contributed by atoms with Gasteiger partial charge in [0.1, 0.15) is 0 Å². The van der Waals surface area contributed by atoms with E-state index in [0.717, 1.165) is 26.4 Å². The van der Waals surface area contributed by atoms with Crippen molar-refractivity contribution in [2.45, 2.75) is 46.1 Å². The van der Waals surface area contributed by atoms with Crippen LogP contribution in [-0.4, -0.2) is 39.5 Å². The number of hydrogen-bond acceptors (Lipinski definition) is 3. The van der Waals surface area contributed by atoms with Crippen molar-refractivity contribution in [2.75, 3.05) is 33.5 Å². The first kappa shape index (κ1) is 15.9. The third kappa shape index (κ3) is 10.4. The van der Waals surface area contributed by atoms with Crippen LogP contribution in [0.25, 0.3) is 0 Å². The van der Waals surface area contributed by atoms with Crippen LogP contribution < -0.4 is 5.32 Å². The van der Waals surface area contributed by atoms with Crippen molar-refractivity contribution < 1.29 is 9.47 Å². The Balaban J connectivity index is 3.43. The van der Waals surface area contributed by atoms with E-state index in [0.29, 0.717) is 12.0 Å². The van der Waals surface area contributed by atoms with Gasteiger partial charge in [0.2, 0.25) is 0 Å². The average Bonchev–Trinajstić information content (AvgIpc) is 2.24. The summed E-state index contributed by atoms with van der Waals surface area (Å²) in [6.45, 7) is 9.92. The Morgan fingerprint density at radius 3 is 2.50 bits per heavy atom. The van der Waals surface area contributed by atoms with Gasteiger partial charge in [0.15, 0.2) is 0 Å². The van der Waals surface area contributed by atoms with Gasteiger partial charge >= 0.3 is 0 Å². The van der Waals surface area contributed by atoms with E-state index in [1.807, 2.05) is 0 Å². The minimum absolute atomic E-state index is 0.479. The zero-order valence-corrected chi connectivity index (χ0v) is 11.4. The molecule has 1 atom stereocenters. The number of ether oxygens (including phenoxy) is 2. The van der Waals surface area contributed by atoms with E-state index in [1.54, 1.807) is 7.11 Å². The first-order valence-electron chi connectivity index (χ1n) is 6.50. The summed E-state index contributed by atoms with van der Waals surface area (Å²) in [6.07, 6.45) is 3.69. The molecule has 0 saturated carbocycles. The van der Waals surface area contributed by atoms with Gasteiger partial charge in [0.05, 0.1) is 13.2 Å². The molecular weight excluding hydrogens is 202 g/mol. The molecule has 16 heavy (non-hydrogen) atoms. The first-order chi connectivity index (χ1) is 7.70. The molecule has 3 nitrogen and oxygen atoms in total. The highest BCUT2D eigenvalue weighted by molar-refractivity contribution is 4.65. The summed E-state index contributed by atoms with van der Waals surface area (Å²) in [5, 5.41) is 3.48. The van der Waals surface area contributed by atoms with Crippen LogP contribution in [0.3, 0.4) is 0 Å². The number of unbranched alkanes of at least 4 members (excludes halogenated alkanes) is 1. The smallest absolute Gasteiger partial charge is 0.0615 e. The van der Waals surface area contributed by atoms with Gasteiger partial charge in [-0.05, 0) is 12.3 Å². The third-order valence-corrected chi connectivity index (χ3v) is 2.40. The summed E-state index contributed by atoms with van der Waals surface area (Å²) in [4.78, 5) is 0. The van der Waals surface area contributed by atoms with Gasteiger partial charge in [0.25, 0.3) is 0 Å². The highest BCUT2D eigenvalue weighted by atomic mass is 16.5. The SMILES string of the molecule is CCCCC(COC)NCCOCC(C)C. The Morgan fingerprint density at radius 2 is 1.94 bits per heavy atom. The van der Waals surface area contributed by atoms with Crippen molar-refractivity contribution >= 4 is 0 Å². The number of hydrogen-bond donors (Lipinski definition) is 1. The van der Waals surface area contributed by atoms with Crippen molar-refractivity contribution in [3.8, 4) is 0 Å². The predicted octanol–water partition coefficient (Wildman–Crippen LogP) is 2.45.